The lowest BCUT2D eigenvalue weighted by Gasteiger charge is -2.15. The summed E-state index contributed by atoms with van der Waals surface area (Å²) in [6.07, 6.45) is 15.1. The number of rotatable bonds is 20. The molecule has 0 aliphatic carbocycles. The highest BCUT2D eigenvalue weighted by Crippen LogP contribution is 2.22. The van der Waals surface area contributed by atoms with Crippen molar-refractivity contribution < 1.29 is 14.7 Å². The van der Waals surface area contributed by atoms with Crippen molar-refractivity contribution in [3.63, 3.8) is 0 Å². The van der Waals surface area contributed by atoms with Gasteiger partial charge in [-0.05, 0) is 43.9 Å². The summed E-state index contributed by atoms with van der Waals surface area (Å²) in [4.78, 5) is 23.0. The average Bonchev–Trinajstić information content (AvgIpc) is 2.70. The molecule has 0 aromatic heterocycles. The minimum atomic E-state index is -0.957. The Morgan fingerprint density at radius 2 is 1.47 bits per heavy atom. The van der Waals surface area contributed by atoms with Crippen LogP contribution in [0.25, 0.3) is 0 Å². The Bertz CT molecular complexity index is 533. The summed E-state index contributed by atoms with van der Waals surface area (Å²) in [5.41, 5.74) is 1.38. The second-order valence-corrected chi connectivity index (χ2v) is 11.2. The lowest BCUT2D eigenvalue weighted by molar-refractivity contribution is -0.141. The molecule has 5 heteroatoms. The molecule has 1 amide bonds. The number of carbonyl (C=O) groups excluding carboxylic acids is 1. The van der Waals surface area contributed by atoms with Gasteiger partial charge in [0.2, 0.25) is 5.91 Å². The highest BCUT2D eigenvalue weighted by molar-refractivity contribution is 7.99. The molecule has 0 aliphatic heterocycles. The third-order valence-corrected chi connectivity index (χ3v) is 7.06. The SMILES string of the molecule is CCCC(=O)NC(CSC/C=C(\C)CCCC(C)CCCC(C)CCCC(C)C)C(=O)O. The van der Waals surface area contributed by atoms with E-state index in [2.05, 4.69) is 46.0 Å². The van der Waals surface area contributed by atoms with Crippen LogP contribution in [0.1, 0.15) is 112 Å². The number of amides is 1. The van der Waals surface area contributed by atoms with E-state index in [-0.39, 0.29) is 5.91 Å². The first-order valence-corrected chi connectivity index (χ1v) is 14.1. The smallest absolute Gasteiger partial charge is 0.327 e. The molecule has 0 saturated heterocycles. The first-order chi connectivity index (χ1) is 15.1. The second-order valence-electron chi connectivity index (χ2n) is 10.2. The Kier molecular flexibility index (Phi) is 18.9. The lowest BCUT2D eigenvalue weighted by atomic mass is 9.91. The minimum absolute atomic E-state index is 0.179. The number of thioether (sulfide) groups is 1. The van der Waals surface area contributed by atoms with Crippen LogP contribution in [0.5, 0.6) is 0 Å². The molecule has 0 saturated carbocycles. The Morgan fingerprint density at radius 1 is 0.906 bits per heavy atom. The first kappa shape index (κ1) is 31.0. The average molecular weight is 470 g/mol. The van der Waals surface area contributed by atoms with Crippen molar-refractivity contribution in [2.45, 2.75) is 118 Å². The number of aliphatic carboxylic acids is 1. The Hall–Kier alpha value is -0.970. The zero-order valence-corrected chi connectivity index (χ0v) is 22.6. The van der Waals surface area contributed by atoms with Gasteiger partial charge in [0.05, 0.1) is 0 Å². The van der Waals surface area contributed by atoms with Crippen molar-refractivity contribution in [2.24, 2.45) is 17.8 Å². The van der Waals surface area contributed by atoms with Crippen LogP contribution in [0.3, 0.4) is 0 Å². The molecule has 188 valence electrons. The zero-order chi connectivity index (χ0) is 24.4. The van der Waals surface area contributed by atoms with Crippen molar-refractivity contribution in [3.05, 3.63) is 11.6 Å². The van der Waals surface area contributed by atoms with Crippen LogP contribution in [0, 0.1) is 17.8 Å². The van der Waals surface area contributed by atoms with Crippen molar-refractivity contribution in [1.82, 2.24) is 5.32 Å². The van der Waals surface area contributed by atoms with E-state index in [0.717, 1.165) is 36.3 Å². The largest absolute Gasteiger partial charge is 0.480 e. The summed E-state index contributed by atoms with van der Waals surface area (Å²) >= 11 is 1.57. The Morgan fingerprint density at radius 3 is 2.00 bits per heavy atom. The van der Waals surface area contributed by atoms with E-state index < -0.39 is 12.0 Å². The van der Waals surface area contributed by atoms with E-state index in [4.69, 9.17) is 0 Å². The number of hydrogen-bond acceptors (Lipinski definition) is 3. The van der Waals surface area contributed by atoms with Gasteiger partial charge in [-0.3, -0.25) is 4.79 Å². The maximum Gasteiger partial charge on any atom is 0.327 e. The maximum atomic E-state index is 11.6. The van der Waals surface area contributed by atoms with Crippen LogP contribution in [0.4, 0.5) is 0 Å². The van der Waals surface area contributed by atoms with E-state index in [1.165, 1.54) is 56.9 Å². The van der Waals surface area contributed by atoms with Crippen molar-refractivity contribution in [2.75, 3.05) is 11.5 Å². The van der Waals surface area contributed by atoms with E-state index in [0.29, 0.717) is 12.2 Å². The Balaban J connectivity index is 3.92. The lowest BCUT2D eigenvalue weighted by Crippen LogP contribution is -2.42. The molecule has 0 aliphatic rings. The topological polar surface area (TPSA) is 66.4 Å². The van der Waals surface area contributed by atoms with E-state index in [9.17, 15) is 14.7 Å². The van der Waals surface area contributed by atoms with Crippen LogP contribution in [-0.4, -0.2) is 34.5 Å². The van der Waals surface area contributed by atoms with Gasteiger partial charge >= 0.3 is 5.97 Å². The summed E-state index contributed by atoms with van der Waals surface area (Å²) < 4.78 is 0. The predicted octanol–water partition coefficient (Wildman–Crippen LogP) is 7.47. The molecule has 0 spiro atoms. The summed E-state index contributed by atoms with van der Waals surface area (Å²) in [5.74, 6) is 2.56. The van der Waals surface area contributed by atoms with Crippen LogP contribution < -0.4 is 5.32 Å². The molecule has 4 nitrogen and oxygen atoms in total. The molecule has 3 atom stereocenters. The van der Waals surface area contributed by atoms with Crippen molar-refractivity contribution in [1.29, 1.82) is 0 Å². The fourth-order valence-corrected chi connectivity index (χ4v) is 4.86. The molecule has 0 fully saturated rings. The molecule has 0 radical (unpaired) electrons. The third-order valence-electron chi connectivity index (χ3n) is 6.08. The molecular weight excluding hydrogens is 418 g/mol. The van der Waals surface area contributed by atoms with E-state index in [1.807, 2.05) is 6.92 Å². The fourth-order valence-electron chi connectivity index (χ4n) is 3.86. The van der Waals surface area contributed by atoms with E-state index in [1.54, 1.807) is 11.8 Å². The quantitative estimate of drug-likeness (QED) is 0.143. The fraction of sp³-hybridized carbons (Fsp3) is 0.852. The van der Waals surface area contributed by atoms with Gasteiger partial charge in [-0.25, -0.2) is 4.79 Å². The second kappa shape index (κ2) is 19.5. The highest BCUT2D eigenvalue weighted by atomic mass is 32.2. The summed E-state index contributed by atoms with van der Waals surface area (Å²) in [6, 6.07) is -0.800. The number of hydrogen-bond donors (Lipinski definition) is 2. The molecule has 0 bridgehead atoms. The van der Waals surface area contributed by atoms with Gasteiger partial charge in [0.1, 0.15) is 6.04 Å². The molecule has 0 heterocycles. The molecular formula is C27H51NO3S. The summed E-state index contributed by atoms with van der Waals surface area (Å²) in [6.45, 7) is 13.5. The molecule has 0 aromatic rings. The number of carboxylic acid groups (broad SMARTS) is 1. The third kappa shape index (κ3) is 18.6. The number of carbonyl (C=O) groups is 2. The van der Waals surface area contributed by atoms with Gasteiger partial charge in [-0.1, -0.05) is 91.2 Å². The number of carboxylic acids is 1. The van der Waals surface area contributed by atoms with Gasteiger partial charge in [0, 0.05) is 17.9 Å². The van der Waals surface area contributed by atoms with Crippen LogP contribution in [-0.2, 0) is 9.59 Å². The van der Waals surface area contributed by atoms with Gasteiger partial charge in [-0.15, -0.1) is 0 Å². The normalized spacial score (nSPS) is 14.9. The van der Waals surface area contributed by atoms with Crippen LogP contribution in [0.15, 0.2) is 11.6 Å². The predicted molar refractivity (Wildman–Crippen MR) is 140 cm³/mol. The van der Waals surface area contributed by atoms with Gasteiger partial charge < -0.3 is 10.4 Å². The minimum Gasteiger partial charge on any atom is -0.480 e. The van der Waals surface area contributed by atoms with Gasteiger partial charge in [-0.2, -0.15) is 11.8 Å². The molecule has 0 rings (SSSR count). The first-order valence-electron chi connectivity index (χ1n) is 12.9. The molecule has 32 heavy (non-hydrogen) atoms. The standard InChI is InChI=1S/C27H51NO3S/c1-7-11-26(29)28-25(27(30)31)20-32-19-18-24(6)17-10-16-23(5)15-9-14-22(4)13-8-12-21(2)3/h18,21-23,25H,7-17,19-20H2,1-6H3,(H,28,29)(H,30,31)/b24-18+. The summed E-state index contributed by atoms with van der Waals surface area (Å²) in [5, 5.41) is 11.9. The Labute approximate surface area is 202 Å². The van der Waals surface area contributed by atoms with Gasteiger partial charge in [0.25, 0.3) is 0 Å². The van der Waals surface area contributed by atoms with Crippen molar-refractivity contribution in [3.8, 4) is 0 Å². The zero-order valence-electron chi connectivity index (χ0n) is 21.8. The van der Waals surface area contributed by atoms with Gasteiger partial charge in [0.15, 0.2) is 0 Å². The molecule has 2 N–H and O–H groups in total. The molecule has 0 aromatic carbocycles. The monoisotopic (exact) mass is 469 g/mol. The number of allylic oxidation sites excluding steroid dienone is 1. The van der Waals surface area contributed by atoms with Crippen LogP contribution >= 0.6 is 11.8 Å². The molecule has 3 unspecified atom stereocenters. The maximum absolute atomic E-state index is 11.6. The summed E-state index contributed by atoms with van der Waals surface area (Å²) in [7, 11) is 0. The highest BCUT2D eigenvalue weighted by Gasteiger charge is 2.19. The van der Waals surface area contributed by atoms with Crippen LogP contribution in [0.2, 0.25) is 0 Å². The van der Waals surface area contributed by atoms with E-state index >= 15 is 0 Å². The van der Waals surface area contributed by atoms with Crippen molar-refractivity contribution >= 4 is 23.6 Å². The number of nitrogens with one attached hydrogen (secondary N) is 1.